The third-order valence-corrected chi connectivity index (χ3v) is 3.27. The number of carbonyl (C=O) groups excluding carboxylic acids is 1. The van der Waals surface area contributed by atoms with E-state index in [1.54, 1.807) is 55.6 Å². The van der Waals surface area contributed by atoms with Crippen molar-refractivity contribution in [3.8, 4) is 5.75 Å². The van der Waals surface area contributed by atoms with E-state index in [4.69, 9.17) is 9.84 Å². The van der Waals surface area contributed by atoms with E-state index in [0.29, 0.717) is 22.6 Å². The van der Waals surface area contributed by atoms with Gasteiger partial charge < -0.3 is 15.2 Å². The highest BCUT2D eigenvalue weighted by molar-refractivity contribution is 6.12. The molecule has 0 bridgehead atoms. The van der Waals surface area contributed by atoms with Gasteiger partial charge in [0.2, 0.25) is 0 Å². The smallest absolute Gasteiger partial charge is 0.325 e. The third-order valence-electron chi connectivity index (χ3n) is 3.27. The average molecular weight is 299 g/mol. The molecule has 114 valence electrons. The Kier molecular flexibility index (Phi) is 4.78. The van der Waals surface area contributed by atoms with Crippen molar-refractivity contribution in [1.29, 1.82) is 0 Å². The number of hydrogen-bond acceptors (Lipinski definition) is 4. The number of anilines is 1. The van der Waals surface area contributed by atoms with Crippen LogP contribution in [0.3, 0.4) is 0 Å². The highest BCUT2D eigenvalue weighted by atomic mass is 16.5. The lowest BCUT2D eigenvalue weighted by Crippen LogP contribution is -2.26. The summed E-state index contributed by atoms with van der Waals surface area (Å²) >= 11 is 0. The third kappa shape index (κ3) is 3.44. The number of carbonyl (C=O) groups is 2. The summed E-state index contributed by atoms with van der Waals surface area (Å²) in [6.07, 6.45) is 0. The number of hydrogen-bond donors (Lipinski definition) is 2. The van der Waals surface area contributed by atoms with Crippen LogP contribution < -0.4 is 10.1 Å². The Morgan fingerprint density at radius 3 is 2.32 bits per heavy atom. The van der Waals surface area contributed by atoms with Gasteiger partial charge in [0.25, 0.3) is 0 Å². The van der Waals surface area contributed by atoms with Crippen molar-refractivity contribution in [2.75, 3.05) is 12.4 Å². The minimum atomic E-state index is -0.980. The molecule has 0 saturated carbocycles. The predicted octanol–water partition coefficient (Wildman–Crippen LogP) is 2.81. The maximum Gasteiger partial charge on any atom is 0.325 e. The van der Waals surface area contributed by atoms with E-state index >= 15 is 0 Å². The fourth-order valence-corrected chi connectivity index (χ4v) is 2.00. The molecule has 0 spiro atoms. The van der Waals surface area contributed by atoms with Gasteiger partial charge in [-0.1, -0.05) is 12.1 Å². The second-order valence-corrected chi connectivity index (χ2v) is 4.81. The fraction of sp³-hybridized carbons (Fsp3) is 0.176. The number of ketones is 1. The van der Waals surface area contributed by atoms with Crippen molar-refractivity contribution in [3.05, 3.63) is 59.7 Å². The molecule has 2 aromatic carbocycles. The molecular weight excluding hydrogens is 282 g/mol. The van der Waals surface area contributed by atoms with Gasteiger partial charge in [-0.3, -0.25) is 9.59 Å². The second-order valence-electron chi connectivity index (χ2n) is 4.81. The molecule has 1 atom stereocenters. The molecule has 2 rings (SSSR count). The minimum absolute atomic E-state index is 0.177. The number of ether oxygens (including phenoxy) is 1. The van der Waals surface area contributed by atoms with Crippen LogP contribution in [0.2, 0.25) is 0 Å². The Morgan fingerprint density at radius 2 is 1.73 bits per heavy atom. The summed E-state index contributed by atoms with van der Waals surface area (Å²) in [5.41, 5.74) is 1.44. The number of rotatable bonds is 6. The Bertz CT molecular complexity index is 679. The molecule has 5 heteroatoms. The van der Waals surface area contributed by atoms with Crippen LogP contribution in [0.5, 0.6) is 5.75 Å². The summed E-state index contributed by atoms with van der Waals surface area (Å²) in [5, 5.41) is 11.8. The van der Waals surface area contributed by atoms with E-state index in [0.717, 1.165) is 0 Å². The summed E-state index contributed by atoms with van der Waals surface area (Å²) in [6, 6.07) is 12.8. The van der Waals surface area contributed by atoms with Gasteiger partial charge >= 0.3 is 5.97 Å². The Labute approximate surface area is 128 Å². The summed E-state index contributed by atoms with van der Waals surface area (Å²) in [7, 11) is 1.56. The molecule has 2 aromatic rings. The van der Waals surface area contributed by atoms with Gasteiger partial charge in [-0.05, 0) is 43.3 Å². The highest BCUT2D eigenvalue weighted by Gasteiger charge is 2.17. The van der Waals surface area contributed by atoms with Gasteiger partial charge in [0.05, 0.1) is 7.11 Å². The van der Waals surface area contributed by atoms with Gasteiger partial charge in [-0.2, -0.15) is 0 Å². The molecule has 0 aromatic heterocycles. The van der Waals surface area contributed by atoms with Crippen molar-refractivity contribution in [1.82, 2.24) is 0 Å². The summed E-state index contributed by atoms with van der Waals surface area (Å²) < 4.78 is 5.07. The van der Waals surface area contributed by atoms with Crippen LogP contribution in [-0.4, -0.2) is 30.0 Å². The molecule has 0 saturated heterocycles. The number of carboxylic acid groups (broad SMARTS) is 1. The molecule has 1 unspecified atom stereocenters. The number of para-hydroxylation sites is 1. The van der Waals surface area contributed by atoms with Crippen LogP contribution in [0.25, 0.3) is 0 Å². The standard InChI is InChI=1S/C17H17NO4/c1-11(17(20)21)18-15-6-4-3-5-14(15)16(19)12-7-9-13(22-2)10-8-12/h3-11,18H,1-2H3,(H,20,21). The first-order valence-corrected chi connectivity index (χ1v) is 6.80. The first kappa shape index (κ1) is 15.6. The number of carboxylic acids is 1. The van der Waals surface area contributed by atoms with E-state index in [-0.39, 0.29) is 5.78 Å². The van der Waals surface area contributed by atoms with Crippen LogP contribution in [0.4, 0.5) is 5.69 Å². The maximum atomic E-state index is 12.6. The topological polar surface area (TPSA) is 75.6 Å². The average Bonchev–Trinajstić information content (AvgIpc) is 2.54. The largest absolute Gasteiger partial charge is 0.497 e. The van der Waals surface area contributed by atoms with E-state index in [1.165, 1.54) is 6.92 Å². The number of nitrogens with one attached hydrogen (secondary N) is 1. The highest BCUT2D eigenvalue weighted by Crippen LogP contribution is 2.21. The molecule has 22 heavy (non-hydrogen) atoms. The summed E-state index contributed by atoms with van der Waals surface area (Å²) in [5.74, 6) is -0.488. The molecule has 0 radical (unpaired) electrons. The predicted molar refractivity (Wildman–Crippen MR) is 83.6 cm³/mol. The van der Waals surface area contributed by atoms with E-state index < -0.39 is 12.0 Å². The van der Waals surface area contributed by atoms with Crippen LogP contribution in [0.1, 0.15) is 22.8 Å². The fourth-order valence-electron chi connectivity index (χ4n) is 2.00. The van der Waals surface area contributed by atoms with Crippen molar-refractivity contribution >= 4 is 17.4 Å². The zero-order valence-corrected chi connectivity index (χ0v) is 12.4. The van der Waals surface area contributed by atoms with E-state index in [9.17, 15) is 9.59 Å². The normalized spacial score (nSPS) is 11.5. The number of benzene rings is 2. The zero-order chi connectivity index (χ0) is 16.1. The van der Waals surface area contributed by atoms with Crippen LogP contribution in [0.15, 0.2) is 48.5 Å². The lowest BCUT2D eigenvalue weighted by molar-refractivity contribution is -0.137. The summed E-state index contributed by atoms with van der Waals surface area (Å²) in [6.45, 7) is 1.52. The second kappa shape index (κ2) is 6.76. The van der Waals surface area contributed by atoms with Gasteiger partial charge in [0, 0.05) is 16.8 Å². The van der Waals surface area contributed by atoms with Crippen LogP contribution in [-0.2, 0) is 4.79 Å². The number of methoxy groups -OCH3 is 1. The Balaban J connectivity index is 2.30. The molecule has 0 aliphatic rings. The lowest BCUT2D eigenvalue weighted by Gasteiger charge is -2.14. The van der Waals surface area contributed by atoms with Gasteiger partial charge in [0.15, 0.2) is 5.78 Å². The molecule has 2 N–H and O–H groups in total. The quantitative estimate of drug-likeness (QED) is 0.802. The molecule has 0 aliphatic carbocycles. The van der Waals surface area contributed by atoms with E-state index in [1.807, 2.05) is 0 Å². The molecule has 5 nitrogen and oxygen atoms in total. The van der Waals surface area contributed by atoms with Crippen LogP contribution in [0, 0.1) is 0 Å². The molecule has 0 fully saturated rings. The molecule has 0 amide bonds. The maximum absolute atomic E-state index is 12.6. The SMILES string of the molecule is COc1ccc(C(=O)c2ccccc2NC(C)C(=O)O)cc1. The minimum Gasteiger partial charge on any atom is -0.497 e. The molecular formula is C17H17NO4. The monoisotopic (exact) mass is 299 g/mol. The summed E-state index contributed by atoms with van der Waals surface area (Å²) in [4.78, 5) is 23.6. The molecule has 0 heterocycles. The molecule has 0 aliphatic heterocycles. The first-order valence-electron chi connectivity index (χ1n) is 6.80. The first-order chi connectivity index (χ1) is 10.5. The number of aliphatic carboxylic acids is 1. The van der Waals surface area contributed by atoms with Crippen molar-refractivity contribution in [2.24, 2.45) is 0 Å². The zero-order valence-electron chi connectivity index (χ0n) is 12.4. The van der Waals surface area contributed by atoms with Crippen molar-refractivity contribution in [3.63, 3.8) is 0 Å². The van der Waals surface area contributed by atoms with Gasteiger partial charge in [-0.15, -0.1) is 0 Å². The van der Waals surface area contributed by atoms with Gasteiger partial charge in [-0.25, -0.2) is 0 Å². The lowest BCUT2D eigenvalue weighted by atomic mass is 10.0. The Morgan fingerprint density at radius 1 is 1.09 bits per heavy atom. The van der Waals surface area contributed by atoms with Gasteiger partial charge in [0.1, 0.15) is 11.8 Å². The Hall–Kier alpha value is -2.82. The van der Waals surface area contributed by atoms with E-state index in [2.05, 4.69) is 5.32 Å². The van der Waals surface area contributed by atoms with Crippen molar-refractivity contribution < 1.29 is 19.4 Å². The van der Waals surface area contributed by atoms with Crippen LogP contribution >= 0.6 is 0 Å². The van der Waals surface area contributed by atoms with Crippen molar-refractivity contribution in [2.45, 2.75) is 13.0 Å².